The quantitative estimate of drug-likeness (QED) is 0.279. The summed E-state index contributed by atoms with van der Waals surface area (Å²) in [5.41, 5.74) is 2.24. The summed E-state index contributed by atoms with van der Waals surface area (Å²) in [5.74, 6) is 0.813. The van der Waals surface area contributed by atoms with Crippen molar-refractivity contribution in [2.24, 2.45) is 4.99 Å². The minimum Gasteiger partial charge on any atom is -0.357 e. The number of aliphatic imine (C=N–C) groups is 1. The third-order valence-corrected chi connectivity index (χ3v) is 5.27. The zero-order valence-electron chi connectivity index (χ0n) is 16.7. The van der Waals surface area contributed by atoms with Crippen molar-refractivity contribution in [2.45, 2.75) is 33.5 Å². The van der Waals surface area contributed by atoms with E-state index in [0.29, 0.717) is 13.1 Å². The van der Waals surface area contributed by atoms with Gasteiger partial charge in [-0.1, -0.05) is 30.3 Å². The highest BCUT2D eigenvalue weighted by molar-refractivity contribution is 14.0. The maximum absolute atomic E-state index is 11.8. The molecule has 0 aliphatic carbocycles. The fourth-order valence-corrected chi connectivity index (χ4v) is 3.63. The van der Waals surface area contributed by atoms with Gasteiger partial charge in [-0.15, -0.1) is 35.3 Å². The molecule has 0 aliphatic rings. The van der Waals surface area contributed by atoms with Gasteiger partial charge in [0.05, 0.1) is 19.6 Å². The summed E-state index contributed by atoms with van der Waals surface area (Å²) in [6.45, 7) is 6.95. The fraction of sp³-hybridized carbons (Fsp3) is 0.273. The third-order valence-electron chi connectivity index (χ3n) is 4.26. The number of guanidine groups is 1. The van der Waals surface area contributed by atoms with Gasteiger partial charge in [-0.05, 0) is 43.2 Å². The fourth-order valence-electron chi connectivity index (χ4n) is 2.80. The van der Waals surface area contributed by atoms with E-state index in [0.717, 1.165) is 30.2 Å². The van der Waals surface area contributed by atoms with Crippen molar-refractivity contribution in [2.75, 3.05) is 6.54 Å². The Morgan fingerprint density at radius 2 is 1.79 bits per heavy atom. The second kappa shape index (κ2) is 11.8. The smallest absolute Gasteiger partial charge is 0.250 e. The molecule has 0 saturated heterocycles. The molecule has 154 valence electrons. The predicted octanol–water partition coefficient (Wildman–Crippen LogP) is 4.14. The average molecular weight is 522 g/mol. The number of aryl methyl sites for hydroxylation is 1. The van der Waals surface area contributed by atoms with Crippen LogP contribution in [0.3, 0.4) is 0 Å². The van der Waals surface area contributed by atoms with E-state index in [2.05, 4.69) is 65.9 Å². The van der Waals surface area contributed by atoms with Crippen LogP contribution in [0.5, 0.6) is 0 Å². The van der Waals surface area contributed by atoms with Gasteiger partial charge < -0.3 is 15.2 Å². The number of aromatic nitrogens is 1. The molecule has 2 N–H and O–H groups in total. The van der Waals surface area contributed by atoms with Gasteiger partial charge in [0.1, 0.15) is 0 Å². The molecule has 0 radical (unpaired) electrons. The van der Waals surface area contributed by atoms with Crippen LogP contribution < -0.4 is 16.2 Å². The van der Waals surface area contributed by atoms with Crippen LogP contribution in [-0.4, -0.2) is 17.1 Å². The predicted molar refractivity (Wildman–Crippen MR) is 132 cm³/mol. The summed E-state index contributed by atoms with van der Waals surface area (Å²) in [7, 11) is 0. The maximum atomic E-state index is 11.8. The maximum Gasteiger partial charge on any atom is 0.250 e. The van der Waals surface area contributed by atoms with Gasteiger partial charge in [-0.25, -0.2) is 4.99 Å². The minimum absolute atomic E-state index is 0. The van der Waals surface area contributed by atoms with Gasteiger partial charge in [0, 0.05) is 28.6 Å². The van der Waals surface area contributed by atoms with E-state index in [4.69, 9.17) is 0 Å². The van der Waals surface area contributed by atoms with E-state index in [-0.39, 0.29) is 29.5 Å². The molecule has 5 nitrogen and oxygen atoms in total. The number of nitrogens with one attached hydrogen (secondary N) is 2. The molecule has 2 heterocycles. The molecule has 0 saturated carbocycles. The van der Waals surface area contributed by atoms with E-state index in [1.165, 1.54) is 9.75 Å². The lowest BCUT2D eigenvalue weighted by molar-refractivity contribution is 0.759. The standard InChI is InChI=1S/C22H26N4OS.HI/c1-3-23-22(25-15-20-12-7-17(2)28-20)24-14-18-8-10-19(11-9-18)16-26-13-5-4-6-21(26)27;/h4-13H,3,14-16H2,1-2H3,(H2,23,24,25);1H. The first-order valence-corrected chi connectivity index (χ1v) is 10.3. The number of benzene rings is 1. The van der Waals surface area contributed by atoms with Crippen molar-refractivity contribution in [3.05, 3.63) is 92.0 Å². The van der Waals surface area contributed by atoms with Crippen LogP contribution in [0.15, 0.2) is 70.6 Å². The molecule has 2 aromatic heterocycles. The molecule has 1 aromatic carbocycles. The summed E-state index contributed by atoms with van der Waals surface area (Å²) in [4.78, 5) is 19.1. The zero-order chi connectivity index (χ0) is 19.8. The molecule has 3 aromatic rings. The number of rotatable bonds is 7. The molecule has 0 unspecified atom stereocenters. The Morgan fingerprint density at radius 1 is 1.03 bits per heavy atom. The highest BCUT2D eigenvalue weighted by Gasteiger charge is 2.02. The molecule has 7 heteroatoms. The summed E-state index contributed by atoms with van der Waals surface area (Å²) < 4.78 is 1.70. The van der Waals surface area contributed by atoms with Crippen molar-refractivity contribution in [3.8, 4) is 0 Å². The second-order valence-corrected chi connectivity index (χ2v) is 7.92. The second-order valence-electron chi connectivity index (χ2n) is 6.54. The van der Waals surface area contributed by atoms with Gasteiger partial charge in [-0.2, -0.15) is 0 Å². The monoisotopic (exact) mass is 522 g/mol. The van der Waals surface area contributed by atoms with E-state index in [9.17, 15) is 4.79 Å². The zero-order valence-corrected chi connectivity index (χ0v) is 19.9. The van der Waals surface area contributed by atoms with Crippen LogP contribution in [0.25, 0.3) is 0 Å². The Kier molecular flexibility index (Phi) is 9.40. The summed E-state index contributed by atoms with van der Waals surface area (Å²) in [6.07, 6.45) is 1.81. The van der Waals surface area contributed by atoms with Crippen molar-refractivity contribution >= 4 is 41.3 Å². The van der Waals surface area contributed by atoms with E-state index in [1.54, 1.807) is 28.0 Å². The first-order chi connectivity index (χ1) is 13.6. The largest absolute Gasteiger partial charge is 0.357 e. The molecular weight excluding hydrogens is 495 g/mol. The van der Waals surface area contributed by atoms with Crippen molar-refractivity contribution in [1.82, 2.24) is 15.2 Å². The normalized spacial score (nSPS) is 11.0. The van der Waals surface area contributed by atoms with Crippen molar-refractivity contribution in [1.29, 1.82) is 0 Å². The molecule has 3 rings (SSSR count). The van der Waals surface area contributed by atoms with Gasteiger partial charge in [0.2, 0.25) is 0 Å². The molecule has 0 bridgehead atoms. The molecule has 29 heavy (non-hydrogen) atoms. The van der Waals surface area contributed by atoms with Crippen LogP contribution in [0.2, 0.25) is 0 Å². The van der Waals surface area contributed by atoms with Gasteiger partial charge in [0.25, 0.3) is 5.56 Å². The van der Waals surface area contributed by atoms with Crippen LogP contribution >= 0.6 is 35.3 Å². The number of hydrogen-bond acceptors (Lipinski definition) is 3. The topological polar surface area (TPSA) is 58.4 Å². The molecule has 0 amide bonds. The van der Waals surface area contributed by atoms with Crippen LogP contribution in [0.1, 0.15) is 27.8 Å². The Bertz CT molecular complexity index is 979. The Labute approximate surface area is 192 Å². The highest BCUT2D eigenvalue weighted by atomic mass is 127. The number of thiophene rings is 1. The van der Waals surface area contributed by atoms with Gasteiger partial charge in [-0.3, -0.25) is 4.79 Å². The molecule has 0 fully saturated rings. The molecule has 0 spiro atoms. The first-order valence-electron chi connectivity index (χ1n) is 9.45. The molecule has 0 aliphatic heterocycles. The number of nitrogens with zero attached hydrogens (tertiary/aromatic N) is 2. The van der Waals surface area contributed by atoms with Gasteiger partial charge >= 0.3 is 0 Å². The summed E-state index contributed by atoms with van der Waals surface area (Å²) in [6, 6.07) is 17.7. The van der Waals surface area contributed by atoms with E-state index < -0.39 is 0 Å². The van der Waals surface area contributed by atoms with E-state index >= 15 is 0 Å². The SMILES string of the molecule is CCNC(=NCc1ccc(Cn2ccccc2=O)cc1)NCc1ccc(C)s1.I. The van der Waals surface area contributed by atoms with Gasteiger partial charge in [0.15, 0.2) is 5.96 Å². The Morgan fingerprint density at radius 3 is 2.45 bits per heavy atom. The van der Waals surface area contributed by atoms with Crippen LogP contribution in [0.4, 0.5) is 0 Å². The third kappa shape index (κ3) is 7.32. The van der Waals surface area contributed by atoms with Crippen molar-refractivity contribution < 1.29 is 0 Å². The van der Waals surface area contributed by atoms with Crippen LogP contribution in [0, 0.1) is 6.92 Å². The lowest BCUT2D eigenvalue weighted by Crippen LogP contribution is -2.36. The average Bonchev–Trinajstić information content (AvgIpc) is 3.12. The van der Waals surface area contributed by atoms with Crippen LogP contribution in [-0.2, 0) is 19.6 Å². The lowest BCUT2D eigenvalue weighted by Gasteiger charge is -2.11. The Balaban J connectivity index is 0.00000300. The van der Waals surface area contributed by atoms with Crippen molar-refractivity contribution in [3.63, 3.8) is 0 Å². The highest BCUT2D eigenvalue weighted by Crippen LogP contribution is 2.14. The lowest BCUT2D eigenvalue weighted by atomic mass is 10.1. The molecular formula is C22H27IN4OS. The Hall–Kier alpha value is -2.13. The first kappa shape index (κ1) is 23.2. The number of halogens is 1. The molecule has 0 atom stereocenters. The summed E-state index contributed by atoms with van der Waals surface area (Å²) in [5, 5.41) is 6.67. The number of pyridine rings is 1. The summed E-state index contributed by atoms with van der Waals surface area (Å²) >= 11 is 1.80. The minimum atomic E-state index is 0. The number of hydrogen-bond donors (Lipinski definition) is 2. The van der Waals surface area contributed by atoms with E-state index in [1.807, 2.05) is 12.3 Å².